The van der Waals surface area contributed by atoms with Crippen molar-refractivity contribution in [2.75, 3.05) is 13.1 Å². The maximum Gasteiger partial charge on any atom is 0.271 e. The summed E-state index contributed by atoms with van der Waals surface area (Å²) in [6.07, 6.45) is 8.56. The van der Waals surface area contributed by atoms with Gasteiger partial charge in [-0.2, -0.15) is 0 Å². The van der Waals surface area contributed by atoms with E-state index in [0.29, 0.717) is 11.7 Å². The van der Waals surface area contributed by atoms with Crippen molar-refractivity contribution < 1.29 is 4.79 Å². The van der Waals surface area contributed by atoms with E-state index >= 15 is 0 Å². The van der Waals surface area contributed by atoms with Gasteiger partial charge in [-0.25, -0.2) is 4.98 Å². The number of carbonyl (C=O) groups excluding carboxylic acids is 1. The van der Waals surface area contributed by atoms with Crippen LogP contribution in [0.25, 0.3) is 5.65 Å². The van der Waals surface area contributed by atoms with E-state index in [0.717, 1.165) is 18.6 Å². The molecule has 2 aromatic heterocycles. The fraction of sp³-hybridized carbons (Fsp3) is 0.500. The first-order chi connectivity index (χ1) is 10.3. The zero-order valence-corrected chi connectivity index (χ0v) is 12.0. The van der Waals surface area contributed by atoms with Crippen LogP contribution in [0.5, 0.6) is 0 Å². The number of nitrogens with one attached hydrogen (secondary N) is 1. The number of rotatable bonds is 2. The highest BCUT2D eigenvalue weighted by Gasteiger charge is 2.36. The molecule has 4 rings (SSSR count). The summed E-state index contributed by atoms with van der Waals surface area (Å²) in [5.41, 5.74) is 1.32. The lowest BCUT2D eigenvalue weighted by Gasteiger charge is -2.32. The minimum atomic E-state index is -0.0453. The summed E-state index contributed by atoms with van der Waals surface area (Å²) in [5, 5.41) is 3.20. The largest absolute Gasteiger partial charge is 0.346 e. The summed E-state index contributed by atoms with van der Waals surface area (Å²) >= 11 is 0. The van der Waals surface area contributed by atoms with E-state index in [1.807, 2.05) is 28.8 Å². The zero-order valence-electron chi connectivity index (χ0n) is 12.0. The van der Waals surface area contributed by atoms with Gasteiger partial charge < -0.3 is 9.72 Å². The van der Waals surface area contributed by atoms with E-state index in [1.54, 1.807) is 6.20 Å². The Balaban J connectivity index is 1.50. The molecule has 0 aromatic carbocycles. The zero-order chi connectivity index (χ0) is 14.2. The molecule has 0 aliphatic carbocycles. The Bertz CT molecular complexity index is 632. The third kappa shape index (κ3) is 2.31. The average Bonchev–Trinajstić information content (AvgIpc) is 3.11. The Morgan fingerprint density at radius 2 is 2.19 bits per heavy atom. The van der Waals surface area contributed by atoms with Gasteiger partial charge in [0.05, 0.1) is 0 Å². The number of piperidine rings is 1. The molecule has 0 radical (unpaired) electrons. The van der Waals surface area contributed by atoms with Gasteiger partial charge in [0.1, 0.15) is 11.3 Å². The van der Waals surface area contributed by atoms with Crippen LogP contribution in [0.15, 0.2) is 30.6 Å². The second kappa shape index (κ2) is 5.15. The van der Waals surface area contributed by atoms with Crippen LogP contribution in [0.2, 0.25) is 0 Å². The Morgan fingerprint density at radius 3 is 3.10 bits per heavy atom. The minimum absolute atomic E-state index is 0.0453. The van der Waals surface area contributed by atoms with E-state index < -0.39 is 0 Å². The molecule has 21 heavy (non-hydrogen) atoms. The summed E-state index contributed by atoms with van der Waals surface area (Å²) in [6.45, 7) is 2.30. The van der Waals surface area contributed by atoms with Crippen LogP contribution in [0.3, 0.4) is 0 Å². The Hall–Kier alpha value is -1.88. The van der Waals surface area contributed by atoms with Gasteiger partial charge in [-0.3, -0.25) is 9.69 Å². The number of aromatic nitrogens is 2. The molecular weight excluding hydrogens is 264 g/mol. The summed E-state index contributed by atoms with van der Waals surface area (Å²) < 4.78 is 1.89. The summed E-state index contributed by atoms with van der Waals surface area (Å²) in [7, 11) is 0. The van der Waals surface area contributed by atoms with Crippen molar-refractivity contribution >= 4 is 11.6 Å². The second-order valence-electron chi connectivity index (χ2n) is 6.06. The molecule has 2 aromatic rings. The number of amides is 1. The number of pyridine rings is 1. The molecule has 2 atom stereocenters. The van der Waals surface area contributed by atoms with Gasteiger partial charge >= 0.3 is 0 Å². The maximum absolute atomic E-state index is 12.4. The van der Waals surface area contributed by atoms with Crippen molar-refractivity contribution in [3.05, 3.63) is 36.3 Å². The molecule has 0 unspecified atom stereocenters. The molecule has 1 amide bonds. The SMILES string of the molecule is O=C(N[C@@H]1CCN2CCCC[C@H]12)c1cn2ccccc2n1. The lowest BCUT2D eigenvalue weighted by molar-refractivity contribution is 0.0911. The van der Waals surface area contributed by atoms with E-state index in [9.17, 15) is 4.79 Å². The predicted octanol–water partition coefficient (Wildman–Crippen LogP) is 1.69. The van der Waals surface area contributed by atoms with Crippen molar-refractivity contribution in [1.82, 2.24) is 19.6 Å². The van der Waals surface area contributed by atoms with Crippen molar-refractivity contribution in [3.8, 4) is 0 Å². The second-order valence-corrected chi connectivity index (χ2v) is 6.06. The quantitative estimate of drug-likeness (QED) is 0.913. The molecule has 0 saturated carbocycles. The van der Waals surface area contributed by atoms with Gasteiger partial charge in [0.2, 0.25) is 0 Å². The Labute approximate surface area is 124 Å². The van der Waals surface area contributed by atoms with E-state index in [1.165, 1.54) is 25.8 Å². The molecule has 2 fully saturated rings. The van der Waals surface area contributed by atoms with Crippen molar-refractivity contribution in [3.63, 3.8) is 0 Å². The first kappa shape index (κ1) is 12.8. The van der Waals surface area contributed by atoms with Crippen molar-refractivity contribution in [2.24, 2.45) is 0 Å². The highest BCUT2D eigenvalue weighted by atomic mass is 16.2. The summed E-state index contributed by atoms with van der Waals surface area (Å²) in [6, 6.07) is 6.59. The highest BCUT2D eigenvalue weighted by molar-refractivity contribution is 5.93. The first-order valence-corrected chi connectivity index (χ1v) is 7.80. The fourth-order valence-corrected chi connectivity index (χ4v) is 3.70. The smallest absolute Gasteiger partial charge is 0.271 e. The van der Waals surface area contributed by atoms with E-state index in [-0.39, 0.29) is 11.9 Å². The molecule has 0 bridgehead atoms. The normalized spacial score (nSPS) is 25.9. The molecular formula is C16H20N4O. The molecule has 4 heterocycles. The number of hydrogen-bond donors (Lipinski definition) is 1. The van der Waals surface area contributed by atoms with E-state index in [2.05, 4.69) is 15.2 Å². The molecule has 2 aliphatic rings. The summed E-state index contributed by atoms with van der Waals surface area (Å²) in [5.74, 6) is -0.0453. The van der Waals surface area contributed by atoms with Gasteiger partial charge in [0, 0.05) is 31.0 Å². The van der Waals surface area contributed by atoms with Gasteiger partial charge in [-0.05, 0) is 37.9 Å². The van der Waals surface area contributed by atoms with Gasteiger partial charge in [-0.15, -0.1) is 0 Å². The van der Waals surface area contributed by atoms with Crippen LogP contribution in [-0.4, -0.2) is 45.4 Å². The number of imidazole rings is 1. The van der Waals surface area contributed by atoms with E-state index in [4.69, 9.17) is 0 Å². The molecule has 0 spiro atoms. The lowest BCUT2D eigenvalue weighted by Crippen LogP contribution is -2.46. The maximum atomic E-state index is 12.4. The first-order valence-electron chi connectivity index (χ1n) is 7.80. The highest BCUT2D eigenvalue weighted by Crippen LogP contribution is 2.27. The molecule has 2 aliphatic heterocycles. The van der Waals surface area contributed by atoms with Gasteiger partial charge in [-0.1, -0.05) is 12.5 Å². The number of carbonyl (C=O) groups is 1. The number of nitrogens with zero attached hydrogens (tertiary/aromatic N) is 3. The fourth-order valence-electron chi connectivity index (χ4n) is 3.70. The van der Waals surface area contributed by atoms with Gasteiger partial charge in [0.25, 0.3) is 5.91 Å². The number of hydrogen-bond acceptors (Lipinski definition) is 3. The monoisotopic (exact) mass is 284 g/mol. The van der Waals surface area contributed by atoms with Crippen LogP contribution in [-0.2, 0) is 0 Å². The molecule has 110 valence electrons. The minimum Gasteiger partial charge on any atom is -0.346 e. The lowest BCUT2D eigenvalue weighted by atomic mass is 9.99. The topological polar surface area (TPSA) is 49.6 Å². The third-order valence-corrected chi connectivity index (χ3v) is 4.77. The Morgan fingerprint density at radius 1 is 1.24 bits per heavy atom. The van der Waals surface area contributed by atoms with Crippen LogP contribution in [0.1, 0.15) is 36.2 Å². The molecule has 2 saturated heterocycles. The van der Waals surface area contributed by atoms with Crippen LogP contribution in [0.4, 0.5) is 0 Å². The van der Waals surface area contributed by atoms with Crippen molar-refractivity contribution in [1.29, 1.82) is 0 Å². The predicted molar refractivity (Wildman–Crippen MR) is 80.3 cm³/mol. The molecule has 5 heteroatoms. The summed E-state index contributed by atoms with van der Waals surface area (Å²) in [4.78, 5) is 19.4. The average molecular weight is 284 g/mol. The Kier molecular flexibility index (Phi) is 3.15. The van der Waals surface area contributed by atoms with Crippen molar-refractivity contribution in [2.45, 2.75) is 37.8 Å². The molecule has 1 N–H and O–H groups in total. The van der Waals surface area contributed by atoms with Gasteiger partial charge in [0.15, 0.2) is 0 Å². The van der Waals surface area contributed by atoms with Crippen LogP contribution < -0.4 is 5.32 Å². The number of fused-ring (bicyclic) bond motifs is 2. The molecule has 5 nitrogen and oxygen atoms in total. The van der Waals surface area contributed by atoms with Crippen LogP contribution in [0, 0.1) is 0 Å². The standard InChI is InChI=1S/C16H20N4O/c21-16(13-11-20-9-4-2-6-15(20)17-13)18-12-7-10-19-8-3-1-5-14(12)19/h2,4,6,9,11-12,14H,1,3,5,7-8,10H2,(H,18,21)/t12-,14-/m1/s1. The third-order valence-electron chi connectivity index (χ3n) is 4.77. The van der Waals surface area contributed by atoms with Crippen LogP contribution >= 0.6 is 0 Å².